The number of nitrogens with one attached hydrogen (secondary N) is 1. The van der Waals surface area contributed by atoms with Crippen LogP contribution >= 0.6 is 0 Å². The van der Waals surface area contributed by atoms with Crippen molar-refractivity contribution in [1.82, 2.24) is 15.4 Å². The summed E-state index contributed by atoms with van der Waals surface area (Å²) < 4.78 is 0. The maximum Gasteiger partial charge on any atom is 0.290 e. The van der Waals surface area contributed by atoms with Gasteiger partial charge in [0.1, 0.15) is 5.69 Å². The van der Waals surface area contributed by atoms with E-state index in [2.05, 4.69) is 49.4 Å². The number of carbonyl (C=O) groups is 1. The molecule has 7 nitrogen and oxygen atoms in total. The van der Waals surface area contributed by atoms with Gasteiger partial charge in [0, 0.05) is 49.9 Å². The van der Waals surface area contributed by atoms with Crippen molar-refractivity contribution in [3.63, 3.8) is 0 Å². The van der Waals surface area contributed by atoms with Gasteiger partial charge in [-0.15, -0.1) is 0 Å². The lowest BCUT2D eigenvalue weighted by Gasteiger charge is -2.18. The summed E-state index contributed by atoms with van der Waals surface area (Å²) in [6.45, 7) is 6.38. The molecule has 2 aromatic rings. The average Bonchev–Trinajstić information content (AvgIpc) is 3.54. The standard InChI is InChI=1S/C24H32N6O/c1-2-3-8-21(22-17-19(9-11-25-22)29-13-4-5-14-29)27-28-24(31)23-18-20(10-12-26-23)30-15-6-7-16-30/h9-12,17-18H,2-8,13-16H2,1H3,(H,28,31). The second-order valence-electron chi connectivity index (χ2n) is 8.29. The van der Waals surface area contributed by atoms with Crippen LogP contribution in [-0.4, -0.2) is 47.8 Å². The third kappa shape index (κ3) is 5.40. The molecule has 0 unspecified atom stereocenters. The van der Waals surface area contributed by atoms with Crippen molar-refractivity contribution in [2.24, 2.45) is 5.10 Å². The zero-order valence-electron chi connectivity index (χ0n) is 18.4. The van der Waals surface area contributed by atoms with Crippen LogP contribution < -0.4 is 15.2 Å². The fraction of sp³-hybridized carbons (Fsp3) is 0.500. The number of amides is 1. The van der Waals surface area contributed by atoms with E-state index in [9.17, 15) is 4.79 Å². The Kier molecular flexibility index (Phi) is 7.12. The van der Waals surface area contributed by atoms with E-state index < -0.39 is 0 Å². The van der Waals surface area contributed by atoms with E-state index in [4.69, 9.17) is 0 Å². The molecule has 164 valence electrons. The van der Waals surface area contributed by atoms with Crippen LogP contribution in [0, 0.1) is 0 Å². The van der Waals surface area contributed by atoms with Gasteiger partial charge in [0.2, 0.25) is 0 Å². The topological polar surface area (TPSA) is 73.7 Å². The molecule has 2 aliphatic heterocycles. The van der Waals surface area contributed by atoms with Gasteiger partial charge in [0.05, 0.1) is 11.4 Å². The molecule has 4 heterocycles. The fourth-order valence-corrected chi connectivity index (χ4v) is 4.23. The lowest BCUT2D eigenvalue weighted by molar-refractivity contribution is 0.0950. The van der Waals surface area contributed by atoms with E-state index in [1.54, 1.807) is 6.20 Å². The Bertz CT molecular complexity index is 916. The second kappa shape index (κ2) is 10.4. The minimum absolute atomic E-state index is 0.286. The number of hydrogen-bond acceptors (Lipinski definition) is 6. The molecule has 0 spiro atoms. The van der Waals surface area contributed by atoms with Gasteiger partial charge < -0.3 is 9.80 Å². The van der Waals surface area contributed by atoms with Crippen LogP contribution in [0.5, 0.6) is 0 Å². The number of rotatable bonds is 8. The molecule has 2 saturated heterocycles. The Hall–Kier alpha value is -2.96. The first-order chi connectivity index (χ1) is 15.2. The molecule has 31 heavy (non-hydrogen) atoms. The normalized spacial score (nSPS) is 16.7. The maximum absolute atomic E-state index is 12.8. The Labute approximate surface area is 184 Å². The number of anilines is 2. The minimum atomic E-state index is -0.286. The van der Waals surface area contributed by atoms with Gasteiger partial charge in [-0.2, -0.15) is 5.10 Å². The van der Waals surface area contributed by atoms with Crippen LogP contribution in [0.25, 0.3) is 0 Å². The highest BCUT2D eigenvalue weighted by molar-refractivity contribution is 6.01. The van der Waals surface area contributed by atoms with E-state index >= 15 is 0 Å². The van der Waals surface area contributed by atoms with Gasteiger partial charge in [0.25, 0.3) is 5.91 Å². The zero-order valence-corrected chi connectivity index (χ0v) is 18.4. The quantitative estimate of drug-likeness (QED) is 0.516. The van der Waals surface area contributed by atoms with Gasteiger partial charge >= 0.3 is 0 Å². The van der Waals surface area contributed by atoms with Crippen molar-refractivity contribution >= 4 is 23.0 Å². The molecule has 0 atom stereocenters. The number of unbranched alkanes of at least 4 members (excludes halogenated alkanes) is 1. The molecule has 4 rings (SSSR count). The third-order valence-electron chi connectivity index (χ3n) is 6.02. The molecule has 2 aliphatic rings. The predicted molar refractivity (Wildman–Crippen MR) is 125 cm³/mol. The highest BCUT2D eigenvalue weighted by atomic mass is 16.2. The SMILES string of the molecule is CCCCC(=NNC(=O)c1cc(N2CCCC2)ccn1)c1cc(N2CCCC2)ccn1. The fourth-order valence-electron chi connectivity index (χ4n) is 4.23. The molecule has 2 aromatic heterocycles. The number of hydrazone groups is 1. The summed E-state index contributed by atoms with van der Waals surface area (Å²) in [7, 11) is 0. The van der Waals surface area contributed by atoms with Crippen LogP contribution in [0.15, 0.2) is 41.8 Å². The number of nitrogens with zero attached hydrogens (tertiary/aromatic N) is 5. The van der Waals surface area contributed by atoms with Crippen molar-refractivity contribution in [2.75, 3.05) is 36.0 Å². The lowest BCUT2D eigenvalue weighted by atomic mass is 10.1. The first-order valence-electron chi connectivity index (χ1n) is 11.5. The predicted octanol–water partition coefficient (Wildman–Crippen LogP) is 4.00. The average molecular weight is 421 g/mol. The molecule has 1 N–H and O–H groups in total. The van der Waals surface area contributed by atoms with E-state index in [-0.39, 0.29) is 5.91 Å². The van der Waals surface area contributed by atoms with Gasteiger partial charge in [0.15, 0.2) is 0 Å². The van der Waals surface area contributed by atoms with Gasteiger partial charge in [-0.25, -0.2) is 5.43 Å². The summed E-state index contributed by atoms with van der Waals surface area (Å²) in [5.74, 6) is -0.286. The summed E-state index contributed by atoms with van der Waals surface area (Å²) in [6, 6.07) is 7.97. The highest BCUT2D eigenvalue weighted by Crippen LogP contribution is 2.22. The molecule has 0 radical (unpaired) electrons. The maximum atomic E-state index is 12.8. The highest BCUT2D eigenvalue weighted by Gasteiger charge is 2.17. The molecule has 0 aromatic carbocycles. The summed E-state index contributed by atoms with van der Waals surface area (Å²) >= 11 is 0. The number of carbonyl (C=O) groups excluding carboxylic acids is 1. The van der Waals surface area contributed by atoms with E-state index in [1.165, 1.54) is 31.4 Å². The Morgan fingerprint density at radius 2 is 1.48 bits per heavy atom. The lowest BCUT2D eigenvalue weighted by Crippen LogP contribution is -2.23. The van der Waals surface area contributed by atoms with Gasteiger partial charge in [-0.05, 0) is 62.8 Å². The van der Waals surface area contributed by atoms with Crippen molar-refractivity contribution < 1.29 is 4.79 Å². The van der Waals surface area contributed by atoms with Crippen molar-refractivity contribution in [3.05, 3.63) is 48.0 Å². The van der Waals surface area contributed by atoms with Crippen LogP contribution in [0.4, 0.5) is 11.4 Å². The Morgan fingerprint density at radius 3 is 2.06 bits per heavy atom. The van der Waals surface area contributed by atoms with Crippen LogP contribution in [-0.2, 0) is 0 Å². The number of hydrogen-bond donors (Lipinski definition) is 1. The van der Waals surface area contributed by atoms with Crippen LogP contribution in [0.3, 0.4) is 0 Å². The largest absolute Gasteiger partial charge is 0.371 e. The molecular weight excluding hydrogens is 388 g/mol. The van der Waals surface area contributed by atoms with E-state index in [1.807, 2.05) is 18.3 Å². The first-order valence-corrected chi connectivity index (χ1v) is 11.5. The molecule has 2 fully saturated rings. The molecular formula is C24H32N6O. The molecule has 1 amide bonds. The van der Waals surface area contributed by atoms with Gasteiger partial charge in [-0.3, -0.25) is 14.8 Å². The van der Waals surface area contributed by atoms with Crippen LogP contribution in [0.2, 0.25) is 0 Å². The number of pyridine rings is 2. The Morgan fingerprint density at radius 1 is 0.935 bits per heavy atom. The summed E-state index contributed by atoms with van der Waals surface area (Å²) in [4.78, 5) is 26.3. The third-order valence-corrected chi connectivity index (χ3v) is 6.02. The monoisotopic (exact) mass is 420 g/mol. The Balaban J connectivity index is 1.50. The van der Waals surface area contributed by atoms with Crippen LogP contribution in [0.1, 0.15) is 68.1 Å². The molecule has 0 aliphatic carbocycles. The smallest absolute Gasteiger partial charge is 0.290 e. The molecule has 0 bridgehead atoms. The zero-order chi connectivity index (χ0) is 21.5. The number of aromatic nitrogens is 2. The summed E-state index contributed by atoms with van der Waals surface area (Å²) in [6.07, 6.45) is 11.2. The summed E-state index contributed by atoms with van der Waals surface area (Å²) in [5, 5.41) is 4.49. The molecule has 7 heteroatoms. The molecule has 0 saturated carbocycles. The van der Waals surface area contributed by atoms with Crippen molar-refractivity contribution in [2.45, 2.75) is 51.9 Å². The van der Waals surface area contributed by atoms with Crippen molar-refractivity contribution in [1.29, 1.82) is 0 Å². The van der Waals surface area contributed by atoms with Gasteiger partial charge in [-0.1, -0.05) is 13.3 Å². The second-order valence-corrected chi connectivity index (χ2v) is 8.29. The van der Waals surface area contributed by atoms with E-state index in [0.717, 1.165) is 62.5 Å². The summed E-state index contributed by atoms with van der Waals surface area (Å²) in [5.41, 5.74) is 6.99. The van der Waals surface area contributed by atoms with Crippen molar-refractivity contribution in [3.8, 4) is 0 Å². The first kappa shape index (κ1) is 21.3. The minimum Gasteiger partial charge on any atom is -0.371 e. The van der Waals surface area contributed by atoms with E-state index in [0.29, 0.717) is 5.69 Å².